The molecule has 1 heterocycles. The maximum atomic E-state index is 13.2. The van der Waals surface area contributed by atoms with Gasteiger partial charge in [0.1, 0.15) is 5.00 Å². The van der Waals surface area contributed by atoms with Crippen molar-refractivity contribution in [1.82, 2.24) is 5.32 Å². The van der Waals surface area contributed by atoms with Crippen LogP contribution in [0.3, 0.4) is 0 Å². The Bertz CT molecular complexity index is 961. The quantitative estimate of drug-likeness (QED) is 0.633. The Morgan fingerprint density at radius 1 is 1.03 bits per heavy atom. The molecule has 1 aromatic heterocycles. The fourth-order valence-corrected chi connectivity index (χ4v) is 5.37. The minimum absolute atomic E-state index is 0.103. The Hall–Kier alpha value is -2.14. The zero-order chi connectivity index (χ0) is 22.3. The predicted octanol–water partition coefficient (Wildman–Crippen LogP) is 5.99. The van der Waals surface area contributed by atoms with Crippen molar-refractivity contribution in [2.24, 2.45) is 11.3 Å². The van der Waals surface area contributed by atoms with Gasteiger partial charge in [0.15, 0.2) is 0 Å². The van der Waals surface area contributed by atoms with Crippen LogP contribution in [-0.4, -0.2) is 17.4 Å². The molecule has 1 aliphatic rings. The molecule has 1 unspecified atom stereocenters. The van der Waals surface area contributed by atoms with E-state index in [1.54, 1.807) is 11.3 Å². The second kappa shape index (κ2) is 8.18. The third-order valence-electron chi connectivity index (χ3n) is 5.82. The number of hydrogen-bond donors (Lipinski definition) is 2. The van der Waals surface area contributed by atoms with E-state index in [1.807, 2.05) is 52.0 Å². The summed E-state index contributed by atoms with van der Waals surface area (Å²) in [5, 5.41) is 6.83. The summed E-state index contributed by atoms with van der Waals surface area (Å²) >= 11 is 1.57. The summed E-state index contributed by atoms with van der Waals surface area (Å²) in [7, 11) is 0. The van der Waals surface area contributed by atoms with E-state index < -0.39 is 0 Å². The molecule has 0 fully saturated rings. The molecule has 2 N–H and O–H groups in total. The Labute approximate surface area is 184 Å². The third-order valence-corrected chi connectivity index (χ3v) is 6.99. The van der Waals surface area contributed by atoms with Crippen molar-refractivity contribution in [1.29, 1.82) is 0 Å². The molecule has 1 aliphatic carbocycles. The van der Waals surface area contributed by atoms with Crippen molar-refractivity contribution < 1.29 is 9.59 Å². The maximum absolute atomic E-state index is 13.2. The van der Waals surface area contributed by atoms with Crippen LogP contribution in [0.15, 0.2) is 24.3 Å². The number of thiophene rings is 1. The van der Waals surface area contributed by atoms with Crippen molar-refractivity contribution in [2.45, 2.75) is 73.3 Å². The number of anilines is 1. The van der Waals surface area contributed by atoms with Crippen molar-refractivity contribution in [3.63, 3.8) is 0 Å². The first-order valence-electron chi connectivity index (χ1n) is 10.7. The molecule has 5 heteroatoms. The van der Waals surface area contributed by atoms with Crippen LogP contribution in [0.4, 0.5) is 5.00 Å². The van der Waals surface area contributed by atoms with Gasteiger partial charge in [-0.15, -0.1) is 11.3 Å². The zero-order valence-electron chi connectivity index (χ0n) is 19.2. The fourth-order valence-electron chi connectivity index (χ4n) is 4.05. The van der Waals surface area contributed by atoms with Gasteiger partial charge in [-0.1, -0.05) is 39.0 Å². The summed E-state index contributed by atoms with van der Waals surface area (Å²) in [5.41, 5.74) is 3.20. The lowest BCUT2D eigenvalue weighted by molar-refractivity contribution is 0.0919. The number of aryl methyl sites for hydroxylation is 1. The normalized spacial score (nSPS) is 16.7. The Morgan fingerprint density at radius 3 is 2.30 bits per heavy atom. The van der Waals surface area contributed by atoms with Crippen LogP contribution in [0.5, 0.6) is 0 Å². The van der Waals surface area contributed by atoms with E-state index in [0.717, 1.165) is 30.4 Å². The van der Waals surface area contributed by atoms with Crippen molar-refractivity contribution in [3.8, 4) is 0 Å². The smallest absolute Gasteiger partial charge is 0.256 e. The zero-order valence-corrected chi connectivity index (χ0v) is 20.0. The van der Waals surface area contributed by atoms with Gasteiger partial charge in [-0.25, -0.2) is 0 Å². The van der Waals surface area contributed by atoms with Gasteiger partial charge in [0, 0.05) is 16.0 Å². The number of carbonyl (C=O) groups is 2. The summed E-state index contributed by atoms with van der Waals surface area (Å²) in [5.74, 6) is 0.306. The molecule has 30 heavy (non-hydrogen) atoms. The van der Waals surface area contributed by atoms with E-state index in [2.05, 4.69) is 31.4 Å². The van der Waals surface area contributed by atoms with E-state index in [0.29, 0.717) is 22.0 Å². The average Bonchev–Trinajstić information content (AvgIpc) is 2.96. The van der Waals surface area contributed by atoms with Gasteiger partial charge < -0.3 is 10.6 Å². The summed E-state index contributed by atoms with van der Waals surface area (Å²) < 4.78 is 0. The first kappa shape index (κ1) is 22.5. The van der Waals surface area contributed by atoms with Crippen molar-refractivity contribution >= 4 is 28.2 Å². The highest BCUT2D eigenvalue weighted by Crippen LogP contribution is 2.44. The van der Waals surface area contributed by atoms with Gasteiger partial charge in [-0.05, 0) is 75.5 Å². The summed E-state index contributed by atoms with van der Waals surface area (Å²) in [6.07, 6.45) is 2.90. The number of fused-ring (bicyclic) bond motifs is 1. The highest BCUT2D eigenvalue weighted by molar-refractivity contribution is 7.17. The number of rotatable bonds is 3. The number of benzene rings is 1. The molecule has 1 atom stereocenters. The van der Waals surface area contributed by atoms with Crippen molar-refractivity contribution in [2.75, 3.05) is 5.32 Å². The van der Waals surface area contributed by atoms with E-state index in [9.17, 15) is 9.59 Å². The molecule has 2 aromatic rings. The summed E-state index contributed by atoms with van der Waals surface area (Å²) in [6.45, 7) is 14.7. The van der Waals surface area contributed by atoms with E-state index in [1.165, 1.54) is 4.88 Å². The van der Waals surface area contributed by atoms with Crippen LogP contribution in [0.1, 0.15) is 84.7 Å². The maximum Gasteiger partial charge on any atom is 0.256 e. The van der Waals surface area contributed by atoms with Crippen LogP contribution in [0.2, 0.25) is 0 Å². The van der Waals surface area contributed by atoms with Crippen LogP contribution >= 0.6 is 11.3 Å². The molecule has 0 aliphatic heterocycles. The second-order valence-electron chi connectivity index (χ2n) is 10.5. The van der Waals surface area contributed by atoms with E-state index in [4.69, 9.17) is 0 Å². The van der Waals surface area contributed by atoms with Gasteiger partial charge in [-0.2, -0.15) is 0 Å². The molecule has 162 valence electrons. The molecule has 3 rings (SSSR count). The lowest BCUT2D eigenvalue weighted by Crippen LogP contribution is -2.41. The molecule has 0 spiro atoms. The molecule has 0 saturated carbocycles. The van der Waals surface area contributed by atoms with Gasteiger partial charge in [0.05, 0.1) is 5.56 Å². The molecule has 0 bridgehead atoms. The molecule has 0 saturated heterocycles. The molecule has 4 nitrogen and oxygen atoms in total. The molecule has 2 amide bonds. The Balaban J connectivity index is 1.99. The average molecular weight is 427 g/mol. The topological polar surface area (TPSA) is 58.2 Å². The van der Waals surface area contributed by atoms with Gasteiger partial charge >= 0.3 is 0 Å². The molecular formula is C25H34N2O2S. The molecular weight excluding hydrogens is 392 g/mol. The molecule has 0 radical (unpaired) electrons. The van der Waals surface area contributed by atoms with Gasteiger partial charge in [-0.3, -0.25) is 9.59 Å². The Morgan fingerprint density at radius 2 is 1.70 bits per heavy atom. The monoisotopic (exact) mass is 426 g/mol. The lowest BCUT2D eigenvalue weighted by Gasteiger charge is -2.34. The van der Waals surface area contributed by atoms with Gasteiger partial charge in [0.25, 0.3) is 11.8 Å². The fraction of sp³-hybridized carbons (Fsp3) is 0.520. The minimum atomic E-state index is -0.341. The first-order valence-corrected chi connectivity index (χ1v) is 11.5. The minimum Gasteiger partial charge on any atom is -0.347 e. The van der Waals surface area contributed by atoms with Crippen LogP contribution in [-0.2, 0) is 12.8 Å². The van der Waals surface area contributed by atoms with Crippen molar-refractivity contribution in [3.05, 3.63) is 51.4 Å². The van der Waals surface area contributed by atoms with E-state index >= 15 is 0 Å². The van der Waals surface area contributed by atoms with Crippen LogP contribution < -0.4 is 10.6 Å². The SMILES string of the molecule is Cc1ccccc1C(=O)Nc1sc2c(c1C(=O)NC(C)(C)C)CCC(C(C)(C)C)C2. The number of carbonyl (C=O) groups excluding carboxylic acids is 2. The molecule has 1 aromatic carbocycles. The third kappa shape index (κ3) is 4.94. The van der Waals surface area contributed by atoms with Crippen LogP contribution in [0.25, 0.3) is 0 Å². The lowest BCUT2D eigenvalue weighted by atomic mass is 9.72. The number of amides is 2. The van der Waals surface area contributed by atoms with E-state index in [-0.39, 0.29) is 22.8 Å². The number of hydrogen-bond acceptors (Lipinski definition) is 3. The second-order valence-corrected chi connectivity index (χ2v) is 11.6. The Kier molecular flexibility index (Phi) is 6.15. The largest absolute Gasteiger partial charge is 0.347 e. The standard InChI is InChI=1S/C25H34N2O2S/c1-15-10-8-9-11-17(15)21(28)26-23-20(22(29)27-25(5,6)7)18-13-12-16(24(2,3)4)14-19(18)30-23/h8-11,16H,12-14H2,1-7H3,(H,26,28)(H,27,29). The highest BCUT2D eigenvalue weighted by atomic mass is 32.1. The first-order chi connectivity index (χ1) is 13.9. The summed E-state index contributed by atoms with van der Waals surface area (Å²) in [4.78, 5) is 27.5. The highest BCUT2D eigenvalue weighted by Gasteiger charge is 2.34. The van der Waals surface area contributed by atoms with Crippen LogP contribution in [0, 0.1) is 18.3 Å². The number of nitrogens with one attached hydrogen (secondary N) is 2. The predicted molar refractivity (Wildman–Crippen MR) is 126 cm³/mol. The summed E-state index contributed by atoms with van der Waals surface area (Å²) in [6, 6.07) is 7.53. The van der Waals surface area contributed by atoms with Gasteiger partial charge in [0.2, 0.25) is 0 Å².